The Bertz CT molecular complexity index is 54.0. The van der Waals surface area contributed by atoms with Gasteiger partial charge in [-0.2, -0.15) is 0 Å². The number of hydrogen-bond acceptors (Lipinski definition) is 0. The summed E-state index contributed by atoms with van der Waals surface area (Å²) in [6, 6.07) is 0. The van der Waals surface area contributed by atoms with Crippen molar-refractivity contribution in [3.8, 4) is 0 Å². The van der Waals surface area contributed by atoms with E-state index in [1.54, 1.807) is 6.08 Å². The van der Waals surface area contributed by atoms with E-state index >= 15 is 0 Å². The van der Waals surface area contributed by atoms with Gasteiger partial charge in [-0.05, 0) is 6.42 Å². The molecule has 0 N–H and O–H groups in total. The average Bonchev–Trinajstić information content (AvgIpc) is 1.68. The van der Waals surface area contributed by atoms with Crippen LogP contribution in [0.15, 0.2) is 12.7 Å². The maximum atomic E-state index is 12.0. The van der Waals surface area contributed by atoms with Crippen molar-refractivity contribution in [1.82, 2.24) is 0 Å². The molecule has 0 aliphatic rings. The Balaban J connectivity index is 2.98. The van der Waals surface area contributed by atoms with Crippen LogP contribution in [-0.2, 0) is 0 Å². The van der Waals surface area contributed by atoms with E-state index in [2.05, 4.69) is 22.5 Å². The Morgan fingerprint density at radius 1 is 1.86 bits per heavy atom. The van der Waals surface area contributed by atoms with Gasteiger partial charge in [0.15, 0.2) is 0 Å². The normalized spacial score (nSPS) is 13.4. The Morgan fingerprint density at radius 3 is 2.57 bits per heavy atom. The van der Waals surface area contributed by atoms with Gasteiger partial charge in [0.05, 0.1) is 0 Å². The molecule has 0 saturated heterocycles. The molecule has 0 aliphatic heterocycles. The summed E-state index contributed by atoms with van der Waals surface area (Å²) in [7, 11) is 0. The van der Waals surface area contributed by atoms with Crippen molar-refractivity contribution >= 4 is 15.9 Å². The maximum Gasteiger partial charge on any atom is 0.113 e. The van der Waals surface area contributed by atoms with Gasteiger partial charge in [-0.3, -0.25) is 0 Å². The van der Waals surface area contributed by atoms with E-state index in [0.29, 0.717) is 11.8 Å². The zero-order valence-electron chi connectivity index (χ0n) is 4.03. The standard InChI is InChI=1S/C5H8BrF/c1-2-3-5(7)4-6/h2,5H,1,3-4H2/t5-/m0/s1. The Labute approximate surface area is 51.5 Å². The third kappa shape index (κ3) is 3.99. The topological polar surface area (TPSA) is 0 Å². The van der Waals surface area contributed by atoms with E-state index in [-0.39, 0.29) is 0 Å². The van der Waals surface area contributed by atoms with Crippen LogP contribution < -0.4 is 0 Å². The van der Waals surface area contributed by atoms with Gasteiger partial charge in [-0.15, -0.1) is 6.58 Å². The smallest absolute Gasteiger partial charge is 0.113 e. The molecule has 2 heteroatoms. The lowest BCUT2D eigenvalue weighted by Crippen LogP contribution is -1.97. The van der Waals surface area contributed by atoms with Crippen LogP contribution in [0.3, 0.4) is 0 Å². The first-order valence-corrected chi connectivity index (χ1v) is 3.24. The molecule has 0 aromatic carbocycles. The van der Waals surface area contributed by atoms with Crippen LogP contribution in [0.25, 0.3) is 0 Å². The van der Waals surface area contributed by atoms with E-state index in [9.17, 15) is 4.39 Å². The molecule has 42 valence electrons. The summed E-state index contributed by atoms with van der Waals surface area (Å²) in [5, 5.41) is 0.416. The quantitative estimate of drug-likeness (QED) is 0.446. The molecule has 0 bridgehead atoms. The number of alkyl halides is 2. The van der Waals surface area contributed by atoms with Gasteiger partial charge in [0.1, 0.15) is 6.17 Å². The van der Waals surface area contributed by atoms with Crippen LogP contribution in [0.1, 0.15) is 6.42 Å². The molecule has 0 saturated carbocycles. The third-order valence-electron chi connectivity index (χ3n) is 0.590. The minimum atomic E-state index is -0.752. The second kappa shape index (κ2) is 4.31. The fraction of sp³-hybridized carbons (Fsp3) is 0.600. The predicted octanol–water partition coefficient (Wildman–Crippen LogP) is 2.30. The molecule has 0 aromatic rings. The number of rotatable bonds is 3. The molecule has 0 fully saturated rings. The third-order valence-corrected chi connectivity index (χ3v) is 1.29. The molecular formula is C5H8BrF. The number of allylic oxidation sites excluding steroid dienone is 1. The minimum Gasteiger partial charge on any atom is -0.246 e. The van der Waals surface area contributed by atoms with Crippen molar-refractivity contribution in [1.29, 1.82) is 0 Å². The maximum absolute atomic E-state index is 12.0. The Kier molecular flexibility index (Phi) is 4.41. The zero-order valence-corrected chi connectivity index (χ0v) is 5.62. The van der Waals surface area contributed by atoms with Crippen LogP contribution in [-0.4, -0.2) is 11.5 Å². The SMILES string of the molecule is C=CC[C@H](F)CBr. The molecule has 0 aromatic heterocycles. The second-order valence-electron chi connectivity index (χ2n) is 1.28. The van der Waals surface area contributed by atoms with E-state index in [4.69, 9.17) is 0 Å². The van der Waals surface area contributed by atoms with Gasteiger partial charge in [-0.25, -0.2) is 4.39 Å². The molecule has 0 rings (SSSR count). The summed E-state index contributed by atoms with van der Waals surface area (Å²) < 4.78 is 12.0. The Hall–Kier alpha value is 0.150. The molecule has 0 unspecified atom stereocenters. The zero-order chi connectivity index (χ0) is 5.70. The Morgan fingerprint density at radius 2 is 2.43 bits per heavy atom. The summed E-state index contributed by atoms with van der Waals surface area (Å²) in [5.41, 5.74) is 0. The number of hydrogen-bond donors (Lipinski definition) is 0. The van der Waals surface area contributed by atoms with Crippen LogP contribution in [0.4, 0.5) is 4.39 Å². The predicted molar refractivity (Wildman–Crippen MR) is 33.5 cm³/mol. The molecule has 7 heavy (non-hydrogen) atoms. The van der Waals surface area contributed by atoms with Crippen molar-refractivity contribution in [2.24, 2.45) is 0 Å². The summed E-state index contributed by atoms with van der Waals surface area (Å²) in [5.74, 6) is 0. The molecule has 0 heterocycles. The molecule has 0 aliphatic carbocycles. The first-order chi connectivity index (χ1) is 3.31. The van der Waals surface area contributed by atoms with E-state index in [1.165, 1.54) is 0 Å². The lowest BCUT2D eigenvalue weighted by atomic mass is 10.3. The van der Waals surface area contributed by atoms with Gasteiger partial charge in [-0.1, -0.05) is 22.0 Å². The second-order valence-corrected chi connectivity index (χ2v) is 1.92. The van der Waals surface area contributed by atoms with Crippen molar-refractivity contribution in [2.75, 3.05) is 5.33 Å². The van der Waals surface area contributed by atoms with Gasteiger partial charge in [0.25, 0.3) is 0 Å². The highest BCUT2D eigenvalue weighted by Gasteiger charge is 1.97. The van der Waals surface area contributed by atoms with Gasteiger partial charge < -0.3 is 0 Å². The molecule has 0 spiro atoms. The summed E-state index contributed by atoms with van der Waals surface area (Å²) in [4.78, 5) is 0. The van der Waals surface area contributed by atoms with Crippen LogP contribution in [0, 0.1) is 0 Å². The lowest BCUT2D eigenvalue weighted by molar-refractivity contribution is 0.373. The van der Waals surface area contributed by atoms with Crippen LogP contribution >= 0.6 is 15.9 Å². The molecule has 0 amide bonds. The average molecular weight is 167 g/mol. The molecule has 1 atom stereocenters. The largest absolute Gasteiger partial charge is 0.246 e. The minimum absolute atomic E-state index is 0.416. The highest BCUT2D eigenvalue weighted by Crippen LogP contribution is 2.00. The van der Waals surface area contributed by atoms with Crippen LogP contribution in [0.5, 0.6) is 0 Å². The van der Waals surface area contributed by atoms with Crippen molar-refractivity contribution < 1.29 is 4.39 Å². The summed E-state index contributed by atoms with van der Waals surface area (Å²) in [6.07, 6.45) is 1.27. The van der Waals surface area contributed by atoms with Gasteiger partial charge >= 0.3 is 0 Å². The summed E-state index contributed by atoms with van der Waals surface area (Å²) in [6.45, 7) is 3.39. The van der Waals surface area contributed by atoms with Crippen molar-refractivity contribution in [3.63, 3.8) is 0 Å². The first-order valence-electron chi connectivity index (χ1n) is 2.12. The van der Waals surface area contributed by atoms with Crippen molar-refractivity contribution in [2.45, 2.75) is 12.6 Å². The fourth-order valence-corrected chi connectivity index (χ4v) is 0.508. The van der Waals surface area contributed by atoms with Gasteiger partial charge in [0, 0.05) is 5.33 Å². The van der Waals surface area contributed by atoms with Crippen LogP contribution in [0.2, 0.25) is 0 Å². The van der Waals surface area contributed by atoms with E-state index in [1.807, 2.05) is 0 Å². The fourth-order valence-electron chi connectivity index (χ4n) is 0.244. The summed E-state index contributed by atoms with van der Waals surface area (Å²) >= 11 is 2.99. The van der Waals surface area contributed by atoms with E-state index in [0.717, 1.165) is 0 Å². The molecule has 0 nitrogen and oxygen atoms in total. The van der Waals surface area contributed by atoms with E-state index < -0.39 is 6.17 Å². The highest BCUT2D eigenvalue weighted by molar-refractivity contribution is 9.09. The first kappa shape index (κ1) is 7.15. The highest BCUT2D eigenvalue weighted by atomic mass is 79.9. The molecular weight excluding hydrogens is 159 g/mol. The van der Waals surface area contributed by atoms with Gasteiger partial charge in [0.2, 0.25) is 0 Å². The van der Waals surface area contributed by atoms with Crippen molar-refractivity contribution in [3.05, 3.63) is 12.7 Å². The monoisotopic (exact) mass is 166 g/mol. The number of halogens is 2. The lowest BCUT2D eigenvalue weighted by Gasteiger charge is -1.94. The molecule has 0 radical (unpaired) electrons.